The average Bonchev–Trinajstić information content (AvgIpc) is 2.24. The fourth-order valence-electron chi connectivity index (χ4n) is 1.61. The SMILES string of the molecule is Cc1cc(Br)cc(CO)c1OCCOC(C)(C)C. The van der Waals surface area contributed by atoms with Crippen molar-refractivity contribution in [2.24, 2.45) is 0 Å². The van der Waals surface area contributed by atoms with Crippen LogP contribution in [0.15, 0.2) is 16.6 Å². The molecule has 1 aromatic carbocycles. The van der Waals surface area contributed by atoms with Crippen LogP contribution in [0.5, 0.6) is 5.75 Å². The van der Waals surface area contributed by atoms with Crippen LogP contribution in [-0.2, 0) is 11.3 Å². The van der Waals surface area contributed by atoms with E-state index in [1.54, 1.807) is 0 Å². The Bertz CT molecular complexity index is 397. The Morgan fingerprint density at radius 1 is 1.22 bits per heavy atom. The zero-order chi connectivity index (χ0) is 13.8. The maximum absolute atomic E-state index is 9.32. The summed E-state index contributed by atoms with van der Waals surface area (Å²) < 4.78 is 12.2. The van der Waals surface area contributed by atoms with Gasteiger partial charge in [-0.15, -0.1) is 0 Å². The fraction of sp³-hybridized carbons (Fsp3) is 0.571. The van der Waals surface area contributed by atoms with Crippen molar-refractivity contribution in [2.75, 3.05) is 13.2 Å². The molecule has 0 aliphatic rings. The molecule has 1 N–H and O–H groups in total. The summed E-state index contributed by atoms with van der Waals surface area (Å²) >= 11 is 3.40. The summed E-state index contributed by atoms with van der Waals surface area (Å²) in [6.45, 7) is 8.97. The summed E-state index contributed by atoms with van der Waals surface area (Å²) in [5.41, 5.74) is 1.64. The molecule has 18 heavy (non-hydrogen) atoms. The lowest BCUT2D eigenvalue weighted by molar-refractivity contribution is -0.0165. The highest BCUT2D eigenvalue weighted by Gasteiger charge is 2.11. The normalized spacial score (nSPS) is 11.7. The van der Waals surface area contributed by atoms with Crippen molar-refractivity contribution in [1.29, 1.82) is 0 Å². The van der Waals surface area contributed by atoms with Crippen LogP contribution in [0.3, 0.4) is 0 Å². The summed E-state index contributed by atoms with van der Waals surface area (Å²) in [6, 6.07) is 3.84. The molecule has 1 rings (SSSR count). The smallest absolute Gasteiger partial charge is 0.127 e. The van der Waals surface area contributed by atoms with E-state index in [1.165, 1.54) is 0 Å². The molecule has 0 saturated heterocycles. The largest absolute Gasteiger partial charge is 0.491 e. The second-order valence-electron chi connectivity index (χ2n) is 5.18. The quantitative estimate of drug-likeness (QED) is 0.846. The minimum Gasteiger partial charge on any atom is -0.491 e. The van der Waals surface area contributed by atoms with Crippen LogP contribution < -0.4 is 4.74 Å². The van der Waals surface area contributed by atoms with Crippen LogP contribution in [-0.4, -0.2) is 23.9 Å². The predicted molar refractivity (Wildman–Crippen MR) is 76.0 cm³/mol. The van der Waals surface area contributed by atoms with Crippen molar-refractivity contribution in [1.82, 2.24) is 0 Å². The Labute approximate surface area is 117 Å². The van der Waals surface area contributed by atoms with Gasteiger partial charge in [-0.05, 0) is 45.4 Å². The molecule has 0 heterocycles. The number of aliphatic hydroxyl groups excluding tert-OH is 1. The van der Waals surface area contributed by atoms with Crippen LogP contribution in [0.2, 0.25) is 0 Å². The Morgan fingerprint density at radius 3 is 2.44 bits per heavy atom. The molecule has 0 atom stereocenters. The summed E-state index contributed by atoms with van der Waals surface area (Å²) in [5, 5.41) is 9.32. The standard InChI is InChI=1S/C14H21BrO3/c1-10-7-12(15)8-11(9-16)13(10)17-5-6-18-14(2,3)4/h7-8,16H,5-6,9H2,1-4H3. The van der Waals surface area contributed by atoms with Gasteiger partial charge in [0.05, 0.1) is 18.8 Å². The monoisotopic (exact) mass is 316 g/mol. The van der Waals surface area contributed by atoms with Crippen molar-refractivity contribution in [3.8, 4) is 5.75 Å². The maximum Gasteiger partial charge on any atom is 0.127 e. The molecule has 0 unspecified atom stereocenters. The molecule has 0 radical (unpaired) electrons. The van der Waals surface area contributed by atoms with Gasteiger partial charge in [0.1, 0.15) is 12.4 Å². The molecule has 3 nitrogen and oxygen atoms in total. The molecule has 0 aliphatic heterocycles. The van der Waals surface area contributed by atoms with Gasteiger partial charge in [-0.25, -0.2) is 0 Å². The van der Waals surface area contributed by atoms with Gasteiger partial charge in [-0.1, -0.05) is 15.9 Å². The average molecular weight is 317 g/mol. The molecule has 0 saturated carbocycles. The Morgan fingerprint density at radius 2 is 1.89 bits per heavy atom. The molecule has 4 heteroatoms. The lowest BCUT2D eigenvalue weighted by atomic mass is 10.1. The second kappa shape index (κ2) is 6.55. The zero-order valence-corrected chi connectivity index (χ0v) is 13.0. The van der Waals surface area contributed by atoms with E-state index >= 15 is 0 Å². The van der Waals surface area contributed by atoms with Crippen LogP contribution in [0.1, 0.15) is 31.9 Å². The number of hydrogen-bond acceptors (Lipinski definition) is 3. The summed E-state index contributed by atoms with van der Waals surface area (Å²) in [6.07, 6.45) is 0. The summed E-state index contributed by atoms with van der Waals surface area (Å²) in [7, 11) is 0. The van der Waals surface area contributed by atoms with Gasteiger partial charge in [0.25, 0.3) is 0 Å². The van der Waals surface area contributed by atoms with Crippen LogP contribution in [0, 0.1) is 6.92 Å². The van der Waals surface area contributed by atoms with Gasteiger partial charge in [0, 0.05) is 10.0 Å². The molecule has 0 amide bonds. The molecule has 102 valence electrons. The molecule has 0 aliphatic carbocycles. The Balaban J connectivity index is 2.62. The highest BCUT2D eigenvalue weighted by molar-refractivity contribution is 9.10. The third kappa shape index (κ3) is 4.96. The molecule has 0 spiro atoms. The fourth-order valence-corrected chi connectivity index (χ4v) is 2.23. The number of ether oxygens (including phenoxy) is 2. The molecule has 0 fully saturated rings. The van der Waals surface area contributed by atoms with Gasteiger partial charge in [-0.2, -0.15) is 0 Å². The second-order valence-corrected chi connectivity index (χ2v) is 6.09. The topological polar surface area (TPSA) is 38.7 Å². The highest BCUT2D eigenvalue weighted by atomic mass is 79.9. The van der Waals surface area contributed by atoms with Crippen molar-refractivity contribution < 1.29 is 14.6 Å². The van der Waals surface area contributed by atoms with Crippen LogP contribution >= 0.6 is 15.9 Å². The molecule has 1 aromatic rings. The van der Waals surface area contributed by atoms with E-state index in [-0.39, 0.29) is 12.2 Å². The number of rotatable bonds is 5. The Kier molecular flexibility index (Phi) is 5.63. The van der Waals surface area contributed by atoms with E-state index in [4.69, 9.17) is 9.47 Å². The Hall–Kier alpha value is -0.580. The van der Waals surface area contributed by atoms with E-state index in [0.29, 0.717) is 13.2 Å². The minimum atomic E-state index is -0.155. The first-order valence-electron chi connectivity index (χ1n) is 6.00. The lowest BCUT2D eigenvalue weighted by Gasteiger charge is -2.20. The molecular weight excluding hydrogens is 296 g/mol. The number of aryl methyl sites for hydroxylation is 1. The number of hydrogen-bond donors (Lipinski definition) is 1. The molecular formula is C14H21BrO3. The maximum atomic E-state index is 9.32. The molecule has 0 aromatic heterocycles. The molecule has 0 bridgehead atoms. The number of aliphatic hydroxyl groups is 1. The van der Waals surface area contributed by atoms with E-state index in [9.17, 15) is 5.11 Å². The van der Waals surface area contributed by atoms with Gasteiger partial charge >= 0.3 is 0 Å². The lowest BCUT2D eigenvalue weighted by Crippen LogP contribution is -2.22. The van der Waals surface area contributed by atoms with E-state index < -0.39 is 0 Å². The first-order chi connectivity index (χ1) is 8.33. The van der Waals surface area contributed by atoms with Gasteiger partial charge in [0.15, 0.2) is 0 Å². The highest BCUT2D eigenvalue weighted by Crippen LogP contribution is 2.28. The van der Waals surface area contributed by atoms with E-state index in [0.717, 1.165) is 21.3 Å². The first kappa shape index (κ1) is 15.5. The van der Waals surface area contributed by atoms with Gasteiger partial charge in [-0.3, -0.25) is 0 Å². The van der Waals surface area contributed by atoms with Crippen molar-refractivity contribution in [3.63, 3.8) is 0 Å². The van der Waals surface area contributed by atoms with Gasteiger partial charge < -0.3 is 14.6 Å². The number of benzene rings is 1. The van der Waals surface area contributed by atoms with E-state index in [1.807, 2.05) is 39.8 Å². The van der Waals surface area contributed by atoms with E-state index in [2.05, 4.69) is 15.9 Å². The van der Waals surface area contributed by atoms with Crippen LogP contribution in [0.25, 0.3) is 0 Å². The summed E-state index contributed by atoms with van der Waals surface area (Å²) in [4.78, 5) is 0. The van der Waals surface area contributed by atoms with Crippen LogP contribution in [0.4, 0.5) is 0 Å². The van der Waals surface area contributed by atoms with Gasteiger partial charge in [0.2, 0.25) is 0 Å². The minimum absolute atomic E-state index is 0.0320. The summed E-state index contributed by atoms with van der Waals surface area (Å²) in [5.74, 6) is 0.748. The van der Waals surface area contributed by atoms with Crippen molar-refractivity contribution in [3.05, 3.63) is 27.7 Å². The number of halogens is 1. The third-order valence-corrected chi connectivity index (χ3v) is 2.81. The third-order valence-electron chi connectivity index (χ3n) is 2.35. The first-order valence-corrected chi connectivity index (χ1v) is 6.79. The van der Waals surface area contributed by atoms with Crippen molar-refractivity contribution in [2.45, 2.75) is 39.9 Å². The van der Waals surface area contributed by atoms with Crippen molar-refractivity contribution >= 4 is 15.9 Å². The zero-order valence-electron chi connectivity index (χ0n) is 11.4. The predicted octanol–water partition coefficient (Wildman–Crippen LogP) is 3.44.